The van der Waals surface area contributed by atoms with E-state index in [0.29, 0.717) is 0 Å². The van der Waals surface area contributed by atoms with Gasteiger partial charge < -0.3 is 15.5 Å². The van der Waals surface area contributed by atoms with Crippen molar-refractivity contribution in [3.8, 4) is 12.1 Å². The molecule has 1 atom stereocenters. The molecule has 0 bridgehead atoms. The second kappa shape index (κ2) is 8.31. The molecule has 0 fully saturated rings. The van der Waals surface area contributed by atoms with Crippen LogP contribution in [-0.4, -0.2) is 24.9 Å². The summed E-state index contributed by atoms with van der Waals surface area (Å²) < 4.78 is 4.46. The molecule has 0 aromatic rings. The van der Waals surface area contributed by atoms with Crippen LogP contribution in [0.1, 0.15) is 12.8 Å². The van der Waals surface area contributed by atoms with Crippen LogP contribution >= 0.6 is 0 Å². The topological polar surface area (TPSA) is 125 Å². The predicted molar refractivity (Wildman–Crippen MR) is 63.0 cm³/mol. The van der Waals surface area contributed by atoms with Crippen LogP contribution < -0.4 is 34.9 Å². The monoisotopic (exact) mass is 280 g/mol. The largest absolute Gasteiger partial charge is 1.00 e. The summed E-state index contributed by atoms with van der Waals surface area (Å²) in [6, 6.07) is 3.45. The summed E-state index contributed by atoms with van der Waals surface area (Å²) in [7, 11) is 1.20. The molecule has 8 heteroatoms. The van der Waals surface area contributed by atoms with Crippen LogP contribution in [0.5, 0.6) is 0 Å². The summed E-state index contributed by atoms with van der Waals surface area (Å²) in [5.74, 6) is -0.195. The summed E-state index contributed by atoms with van der Waals surface area (Å²) in [5, 5.41) is 28.8. The number of carbonyl (C=O) groups is 2. The van der Waals surface area contributed by atoms with Gasteiger partial charge in [0.15, 0.2) is 0 Å². The Labute approximate surface area is 137 Å². The predicted octanol–water partition coefficient (Wildman–Crippen LogP) is -2.84. The fourth-order valence-electron chi connectivity index (χ4n) is 1.64. The van der Waals surface area contributed by atoms with Gasteiger partial charge in [0.25, 0.3) is 0 Å². The van der Waals surface area contributed by atoms with Crippen LogP contribution in [0.3, 0.4) is 0 Å². The molecule has 1 unspecified atom stereocenters. The molecule has 1 heterocycles. The molecule has 1 amide bonds. The van der Waals surface area contributed by atoms with Crippen LogP contribution in [-0.2, 0) is 14.3 Å². The first-order valence-corrected chi connectivity index (χ1v) is 5.25. The van der Waals surface area contributed by atoms with Gasteiger partial charge in [0.05, 0.1) is 42.4 Å². The second-order valence-electron chi connectivity index (χ2n) is 3.73. The maximum Gasteiger partial charge on any atom is 1.00 e. The molecule has 0 aliphatic carbocycles. The van der Waals surface area contributed by atoms with Crippen molar-refractivity contribution in [3.63, 3.8) is 0 Å². The Morgan fingerprint density at radius 3 is 2.65 bits per heavy atom. The first kappa shape index (κ1) is 18.1. The number of hydrogen-bond acceptors (Lipinski definition) is 5. The van der Waals surface area contributed by atoms with E-state index in [-0.39, 0.29) is 59.2 Å². The molecule has 7 nitrogen and oxygen atoms in total. The Bertz CT molecular complexity index is 591. The van der Waals surface area contributed by atoms with Crippen LogP contribution in [0.2, 0.25) is 0 Å². The Morgan fingerprint density at radius 2 is 2.20 bits per heavy atom. The third-order valence-electron chi connectivity index (χ3n) is 2.62. The third kappa shape index (κ3) is 4.06. The molecule has 0 saturated carbocycles. The molecule has 0 saturated heterocycles. The Balaban J connectivity index is 0.00000361. The van der Waals surface area contributed by atoms with E-state index >= 15 is 0 Å². The molecule has 1 aliphatic rings. The van der Waals surface area contributed by atoms with Gasteiger partial charge in [0.2, 0.25) is 5.91 Å². The number of nitriles is 2. The van der Waals surface area contributed by atoms with E-state index in [4.69, 9.17) is 15.9 Å². The van der Waals surface area contributed by atoms with Crippen molar-refractivity contribution in [1.29, 1.82) is 10.5 Å². The van der Waals surface area contributed by atoms with Crippen molar-refractivity contribution in [3.05, 3.63) is 22.3 Å². The van der Waals surface area contributed by atoms with E-state index in [1.165, 1.54) is 7.11 Å². The standard InChI is InChI=1S/C12H9N4O3.Na/c1-19-10(17)3-7-2-8(4-13)11(16-12(7)18)9(5-14)6-15;/h7H,2-3H2,1H3,(H,16,18);/q-1;+1. The summed E-state index contributed by atoms with van der Waals surface area (Å²) in [4.78, 5) is 22.9. The van der Waals surface area contributed by atoms with E-state index in [2.05, 4.69) is 10.1 Å². The van der Waals surface area contributed by atoms with Crippen molar-refractivity contribution in [1.82, 2.24) is 5.32 Å². The molecule has 0 spiro atoms. The number of rotatable bonds is 3. The quantitative estimate of drug-likeness (QED) is 0.258. The number of nitrogens with one attached hydrogen (secondary N) is 1. The Morgan fingerprint density at radius 1 is 1.55 bits per heavy atom. The molecule has 0 aromatic heterocycles. The average molecular weight is 280 g/mol. The smallest absolute Gasteiger partial charge is 0.762 e. The minimum Gasteiger partial charge on any atom is -0.762 e. The van der Waals surface area contributed by atoms with E-state index < -0.39 is 17.8 Å². The average Bonchev–Trinajstić information content (AvgIpc) is 2.42. The first-order valence-electron chi connectivity index (χ1n) is 5.25. The van der Waals surface area contributed by atoms with Crippen molar-refractivity contribution in [2.24, 2.45) is 5.92 Å². The molecule has 1 rings (SSSR count). The zero-order valence-corrected chi connectivity index (χ0v) is 13.1. The van der Waals surface area contributed by atoms with Gasteiger partial charge in [-0.15, -0.1) is 0 Å². The number of allylic oxidation sites excluding steroid dienone is 2. The second-order valence-corrected chi connectivity index (χ2v) is 3.73. The molecule has 0 aromatic carbocycles. The van der Waals surface area contributed by atoms with Gasteiger partial charge in [-0.2, -0.15) is 10.5 Å². The molecular formula is C12H9N4NaO3. The van der Waals surface area contributed by atoms with E-state index in [1.807, 2.05) is 6.07 Å². The summed E-state index contributed by atoms with van der Waals surface area (Å²) >= 11 is 0. The minimum atomic E-state index is -0.732. The van der Waals surface area contributed by atoms with E-state index in [1.54, 1.807) is 11.9 Å². The van der Waals surface area contributed by atoms with E-state index in [9.17, 15) is 9.59 Å². The number of hydrogen-bond donors (Lipinski definition) is 1. The van der Waals surface area contributed by atoms with Crippen molar-refractivity contribution in [2.45, 2.75) is 12.8 Å². The molecule has 1 N–H and O–H groups in total. The number of methoxy groups -OCH3 is 1. The Hall–Kier alpha value is -1.89. The summed E-state index contributed by atoms with van der Waals surface area (Å²) in [6.07, 6.45) is -0.158. The van der Waals surface area contributed by atoms with Gasteiger partial charge in [0, 0.05) is 0 Å². The summed E-state index contributed by atoms with van der Waals surface area (Å²) in [6.45, 7) is 0. The SMILES string of the molecule is COC(=O)CC1CC(C#N)=C(C(=C=[N-])C#N)NC1=O.[Na+]. The van der Waals surface area contributed by atoms with Gasteiger partial charge >= 0.3 is 35.5 Å². The number of esters is 1. The number of carbonyl (C=O) groups excluding carboxylic acids is 2. The maximum absolute atomic E-state index is 11.8. The van der Waals surface area contributed by atoms with Crippen LogP contribution in [0.4, 0.5) is 0 Å². The fourth-order valence-corrected chi connectivity index (χ4v) is 1.64. The van der Waals surface area contributed by atoms with Crippen molar-refractivity contribution >= 4 is 17.7 Å². The molecule has 20 heavy (non-hydrogen) atoms. The van der Waals surface area contributed by atoms with Gasteiger partial charge in [-0.1, -0.05) is 0 Å². The van der Waals surface area contributed by atoms with Gasteiger partial charge in [0.1, 0.15) is 6.07 Å². The van der Waals surface area contributed by atoms with Crippen LogP contribution in [0.15, 0.2) is 16.8 Å². The zero-order chi connectivity index (χ0) is 14.4. The molecule has 0 radical (unpaired) electrons. The maximum atomic E-state index is 11.8. The van der Waals surface area contributed by atoms with E-state index in [0.717, 1.165) is 0 Å². The molecule has 1 aliphatic heterocycles. The van der Waals surface area contributed by atoms with Gasteiger partial charge in [-0.05, 0) is 6.42 Å². The Kier molecular flexibility index (Phi) is 7.53. The summed E-state index contributed by atoms with van der Waals surface area (Å²) in [5.41, 5.74) is -0.299. The fraction of sp³-hybridized carbons (Fsp3) is 0.333. The first-order chi connectivity index (χ1) is 9.07. The third-order valence-corrected chi connectivity index (χ3v) is 2.62. The van der Waals surface area contributed by atoms with Gasteiger partial charge in [-0.3, -0.25) is 9.59 Å². The molecule has 96 valence electrons. The minimum absolute atomic E-state index is 0. The van der Waals surface area contributed by atoms with Crippen molar-refractivity contribution < 1.29 is 43.9 Å². The number of ether oxygens (including phenoxy) is 1. The van der Waals surface area contributed by atoms with Gasteiger partial charge in [-0.25, -0.2) is 5.87 Å². The normalized spacial score (nSPS) is 16.8. The number of nitrogens with zero attached hydrogens (tertiary/aromatic N) is 3. The van der Waals surface area contributed by atoms with Crippen molar-refractivity contribution in [2.75, 3.05) is 7.11 Å². The number of amides is 1. The zero-order valence-electron chi connectivity index (χ0n) is 11.1. The van der Waals surface area contributed by atoms with Crippen LogP contribution in [0, 0.1) is 28.6 Å². The molecular weight excluding hydrogens is 271 g/mol. The van der Waals surface area contributed by atoms with Crippen LogP contribution in [0.25, 0.3) is 5.41 Å².